The van der Waals surface area contributed by atoms with Gasteiger partial charge in [-0.2, -0.15) is 12.6 Å². The number of thiol groups is 1. The van der Waals surface area contributed by atoms with Crippen molar-refractivity contribution in [3.05, 3.63) is 74.7 Å². The highest BCUT2D eigenvalue weighted by Crippen LogP contribution is 2.28. The number of carboxylic acids is 1. The molecule has 24 heavy (non-hydrogen) atoms. The van der Waals surface area contributed by atoms with E-state index in [-0.39, 0.29) is 5.82 Å². The normalized spacial score (nSPS) is 12.1. The molecule has 1 aromatic heterocycles. The molecule has 0 bridgehead atoms. The number of aryl methyl sites for hydroxylation is 1. The number of halogens is 1. The van der Waals surface area contributed by atoms with Crippen LogP contribution >= 0.6 is 24.0 Å². The second-order valence-corrected chi connectivity index (χ2v) is 6.78. The minimum absolute atomic E-state index is 0.0579. The van der Waals surface area contributed by atoms with Crippen molar-refractivity contribution in [1.29, 1.82) is 0 Å². The van der Waals surface area contributed by atoms with E-state index >= 15 is 0 Å². The Morgan fingerprint density at radius 1 is 1.25 bits per heavy atom. The Balaban J connectivity index is 0.000000198. The molecule has 122 valence electrons. The molecule has 2 aliphatic rings. The van der Waals surface area contributed by atoms with Crippen molar-refractivity contribution in [3.8, 4) is 11.3 Å². The van der Waals surface area contributed by atoms with E-state index in [1.54, 1.807) is 6.07 Å². The summed E-state index contributed by atoms with van der Waals surface area (Å²) < 4.78 is 12.0. The Hall–Kier alpha value is -2.18. The minimum Gasteiger partial charge on any atom is -0.480 e. The van der Waals surface area contributed by atoms with E-state index in [4.69, 9.17) is 5.11 Å². The molecule has 1 atom stereocenters. The van der Waals surface area contributed by atoms with Crippen LogP contribution in [0.3, 0.4) is 0 Å². The van der Waals surface area contributed by atoms with Gasteiger partial charge in [0.05, 0.1) is 5.69 Å². The summed E-state index contributed by atoms with van der Waals surface area (Å²) in [5.41, 5.74) is 2.97. The second kappa shape index (κ2) is 6.75. The topological polar surface area (TPSA) is 50.2 Å². The van der Waals surface area contributed by atoms with Gasteiger partial charge < -0.3 is 5.11 Å². The molecule has 4 rings (SSSR count). The number of aliphatic carboxylic acids is 1. The summed E-state index contributed by atoms with van der Waals surface area (Å²) in [6.45, 7) is 2.02. The molecule has 0 amide bonds. The third kappa shape index (κ3) is 3.34. The Bertz CT molecular complexity index is 983. The fourth-order valence-corrected chi connectivity index (χ4v) is 3.16. The van der Waals surface area contributed by atoms with Crippen molar-refractivity contribution in [2.75, 3.05) is 0 Å². The summed E-state index contributed by atoms with van der Waals surface area (Å²) >= 11 is 5.32. The maximum atomic E-state index is 12.0. The first kappa shape index (κ1) is 16.7. The van der Waals surface area contributed by atoms with Gasteiger partial charge in [0.15, 0.2) is 5.25 Å². The van der Waals surface area contributed by atoms with Gasteiger partial charge in [0, 0.05) is 16.2 Å². The van der Waals surface area contributed by atoms with Crippen molar-refractivity contribution in [3.63, 3.8) is 0 Å². The number of rotatable bonds is 3. The molecule has 6 heteroatoms. The van der Waals surface area contributed by atoms with E-state index in [9.17, 15) is 9.18 Å². The molecule has 1 unspecified atom stereocenters. The Morgan fingerprint density at radius 3 is 2.38 bits per heavy atom. The lowest BCUT2D eigenvalue weighted by atomic mass is 10.1. The van der Waals surface area contributed by atoms with Gasteiger partial charge in [0.1, 0.15) is 10.8 Å². The summed E-state index contributed by atoms with van der Waals surface area (Å²) in [4.78, 5) is 15.1. The van der Waals surface area contributed by atoms with E-state index < -0.39 is 11.2 Å². The molecule has 3 nitrogen and oxygen atoms in total. The van der Waals surface area contributed by atoms with Crippen molar-refractivity contribution >= 4 is 29.9 Å². The highest BCUT2D eigenvalue weighted by Gasteiger charge is 2.18. The molecule has 2 aliphatic carbocycles. The fourth-order valence-electron chi connectivity index (χ4n) is 2.12. The van der Waals surface area contributed by atoms with Crippen LogP contribution in [-0.2, 0) is 4.79 Å². The van der Waals surface area contributed by atoms with Crippen molar-refractivity contribution in [2.45, 2.75) is 12.2 Å². The highest BCUT2D eigenvalue weighted by molar-refractivity contribution is 7.81. The van der Waals surface area contributed by atoms with Crippen LogP contribution in [-0.4, -0.2) is 16.1 Å². The number of carbonyl (C=O) groups is 1. The van der Waals surface area contributed by atoms with Gasteiger partial charge >= 0.3 is 5.97 Å². The molecule has 0 aliphatic heterocycles. The minimum atomic E-state index is -0.974. The number of hydrogen-bond donors (Lipinski definition) is 2. The van der Waals surface area contributed by atoms with Crippen LogP contribution in [0.2, 0.25) is 0 Å². The zero-order chi connectivity index (χ0) is 17.3. The zero-order valence-corrected chi connectivity index (χ0v) is 14.4. The van der Waals surface area contributed by atoms with Crippen molar-refractivity contribution < 1.29 is 14.3 Å². The highest BCUT2D eigenvalue weighted by atomic mass is 32.1. The third-order valence-electron chi connectivity index (χ3n) is 3.62. The van der Waals surface area contributed by atoms with Gasteiger partial charge in [-0.15, -0.1) is 11.3 Å². The van der Waals surface area contributed by atoms with Crippen LogP contribution < -0.4 is 0 Å². The van der Waals surface area contributed by atoms with E-state index in [1.807, 2.05) is 42.6 Å². The van der Waals surface area contributed by atoms with Crippen LogP contribution in [0.5, 0.6) is 0 Å². The number of aromatic nitrogens is 1. The molecule has 1 aromatic carbocycles. The summed E-state index contributed by atoms with van der Waals surface area (Å²) in [6.07, 6.45) is 0. The molecule has 2 aromatic rings. The van der Waals surface area contributed by atoms with Gasteiger partial charge in [0.25, 0.3) is 0 Å². The quantitative estimate of drug-likeness (QED) is 0.526. The summed E-state index contributed by atoms with van der Waals surface area (Å²) in [5.74, 6) is -1.03. The third-order valence-corrected chi connectivity index (χ3v) is 5.17. The molecule has 0 spiro atoms. The largest absolute Gasteiger partial charge is 0.480 e. The lowest BCUT2D eigenvalue weighted by molar-refractivity contribution is -0.136. The maximum absolute atomic E-state index is 12.0. The van der Waals surface area contributed by atoms with Gasteiger partial charge in [-0.3, -0.25) is 4.79 Å². The number of carboxylic acid groups (broad SMARTS) is 1. The smallest absolute Gasteiger partial charge is 0.323 e. The van der Waals surface area contributed by atoms with Gasteiger partial charge in [-0.1, -0.05) is 42.0 Å². The predicted molar refractivity (Wildman–Crippen MR) is 95.7 cm³/mol. The maximum Gasteiger partial charge on any atom is 0.323 e. The first-order chi connectivity index (χ1) is 11.5. The van der Waals surface area contributed by atoms with Crippen LogP contribution in [0.4, 0.5) is 4.39 Å². The van der Waals surface area contributed by atoms with Crippen LogP contribution in [0, 0.1) is 23.2 Å². The molecule has 0 radical (unpaired) electrons. The SMILES string of the molecule is Cc1ccc(-c2csc(C(S)C(=O)O)n2)cc1.Fc1cc2ccc1=2. The standard InChI is InChI=1S/C12H11NO2S2.C6H3F/c1-7-2-4-8(5-3-7)9-6-17-11(13-9)10(16)12(14)15;7-6-3-4-1-2-5(4)6/h2-6,10,16H,1H3,(H,14,15);1-3H. The van der Waals surface area contributed by atoms with Crippen LogP contribution in [0.1, 0.15) is 15.8 Å². The number of thiazole rings is 1. The summed E-state index contributed by atoms with van der Waals surface area (Å²) in [6, 6.07) is 13.2. The molecular formula is C18H14FNO2S2. The first-order valence-corrected chi connectivity index (χ1v) is 8.58. The van der Waals surface area contributed by atoms with E-state index in [2.05, 4.69) is 17.6 Å². The van der Waals surface area contributed by atoms with Crippen molar-refractivity contribution in [2.24, 2.45) is 0 Å². The van der Waals surface area contributed by atoms with Crippen LogP contribution in [0.25, 0.3) is 11.3 Å². The van der Waals surface area contributed by atoms with E-state index in [0.29, 0.717) is 5.01 Å². The molecular weight excluding hydrogens is 345 g/mol. The lowest BCUT2D eigenvalue weighted by Gasteiger charge is -2.00. The van der Waals surface area contributed by atoms with Gasteiger partial charge in [-0.25, -0.2) is 9.37 Å². The van der Waals surface area contributed by atoms with E-state index in [1.165, 1.54) is 23.0 Å². The second-order valence-electron chi connectivity index (χ2n) is 5.37. The van der Waals surface area contributed by atoms with E-state index in [0.717, 1.165) is 21.7 Å². The molecule has 0 fully saturated rings. The summed E-state index contributed by atoms with van der Waals surface area (Å²) in [7, 11) is 0. The average molecular weight is 359 g/mol. The Kier molecular flexibility index (Phi) is 4.69. The number of hydrogen-bond acceptors (Lipinski definition) is 4. The monoisotopic (exact) mass is 359 g/mol. The molecule has 0 saturated heterocycles. The first-order valence-electron chi connectivity index (χ1n) is 7.19. The summed E-state index contributed by atoms with van der Waals surface area (Å²) in [5, 5.41) is 12.2. The lowest BCUT2D eigenvalue weighted by Crippen LogP contribution is -2.04. The Morgan fingerprint density at radius 2 is 1.96 bits per heavy atom. The van der Waals surface area contributed by atoms with Gasteiger partial charge in [0.2, 0.25) is 0 Å². The zero-order valence-electron chi connectivity index (χ0n) is 12.7. The van der Waals surface area contributed by atoms with Crippen LogP contribution in [0.15, 0.2) is 47.8 Å². The Labute approximate surface area is 147 Å². The van der Waals surface area contributed by atoms with Gasteiger partial charge in [-0.05, 0) is 18.2 Å². The van der Waals surface area contributed by atoms with Crippen molar-refractivity contribution in [1.82, 2.24) is 4.98 Å². The fraction of sp³-hybridized carbons (Fsp3) is 0.111. The predicted octanol–water partition coefficient (Wildman–Crippen LogP) is 4.60. The molecule has 1 heterocycles. The number of benzene rings is 2. The molecule has 1 N–H and O–H groups in total. The molecule has 0 saturated carbocycles. The number of nitrogens with zero attached hydrogens (tertiary/aromatic N) is 1. The average Bonchev–Trinajstić information content (AvgIpc) is 3.02.